The SMILES string of the molecule is COc1cc2c(cc1OC1CCCC1)[C@H](CCc1c[nH]c3ccc(C)cc13)N(C=O)CC2. The molecule has 1 aliphatic heterocycles. The molecule has 32 heavy (non-hydrogen) atoms. The first-order chi connectivity index (χ1) is 15.7. The molecule has 3 aromatic rings. The zero-order valence-corrected chi connectivity index (χ0v) is 19.0. The lowest BCUT2D eigenvalue weighted by molar-refractivity contribution is -0.120. The first kappa shape index (κ1) is 20.9. The average molecular weight is 433 g/mol. The van der Waals surface area contributed by atoms with E-state index in [1.807, 2.05) is 4.90 Å². The second-order valence-electron chi connectivity index (χ2n) is 9.24. The zero-order valence-electron chi connectivity index (χ0n) is 19.0. The van der Waals surface area contributed by atoms with Crippen molar-refractivity contribution in [1.82, 2.24) is 9.88 Å². The number of fused-ring (bicyclic) bond motifs is 2. The van der Waals surface area contributed by atoms with E-state index < -0.39 is 0 Å². The number of rotatable bonds is 7. The molecule has 0 unspecified atom stereocenters. The molecular weight excluding hydrogens is 400 g/mol. The fraction of sp³-hybridized carbons (Fsp3) is 0.444. The maximum atomic E-state index is 11.9. The Balaban J connectivity index is 1.44. The van der Waals surface area contributed by atoms with Crippen molar-refractivity contribution in [2.75, 3.05) is 13.7 Å². The lowest BCUT2D eigenvalue weighted by Crippen LogP contribution is -2.34. The van der Waals surface area contributed by atoms with Crippen molar-refractivity contribution in [2.24, 2.45) is 0 Å². The second-order valence-corrected chi connectivity index (χ2v) is 9.24. The van der Waals surface area contributed by atoms with Crippen LogP contribution in [0.3, 0.4) is 0 Å². The molecule has 1 fully saturated rings. The van der Waals surface area contributed by atoms with E-state index in [1.54, 1.807) is 7.11 Å². The lowest BCUT2D eigenvalue weighted by atomic mass is 9.88. The van der Waals surface area contributed by atoms with Gasteiger partial charge in [0.1, 0.15) is 0 Å². The number of aromatic amines is 1. The molecule has 5 nitrogen and oxygen atoms in total. The number of ether oxygens (including phenoxy) is 2. The Morgan fingerprint density at radius 1 is 1.16 bits per heavy atom. The number of aromatic nitrogens is 1. The lowest BCUT2D eigenvalue weighted by Gasteiger charge is -2.35. The molecule has 1 saturated carbocycles. The smallest absolute Gasteiger partial charge is 0.210 e. The molecule has 2 heterocycles. The van der Waals surface area contributed by atoms with Crippen molar-refractivity contribution in [3.63, 3.8) is 0 Å². The van der Waals surface area contributed by atoms with Gasteiger partial charge in [-0.2, -0.15) is 0 Å². The summed E-state index contributed by atoms with van der Waals surface area (Å²) in [5.74, 6) is 1.62. The van der Waals surface area contributed by atoms with Crippen LogP contribution in [0, 0.1) is 6.92 Å². The highest BCUT2D eigenvalue weighted by molar-refractivity contribution is 5.83. The van der Waals surface area contributed by atoms with Crippen LogP contribution in [-0.2, 0) is 17.6 Å². The number of hydrogen-bond acceptors (Lipinski definition) is 3. The molecule has 1 atom stereocenters. The monoisotopic (exact) mass is 432 g/mol. The van der Waals surface area contributed by atoms with Gasteiger partial charge in [0.05, 0.1) is 19.3 Å². The minimum absolute atomic E-state index is 0.0443. The zero-order chi connectivity index (χ0) is 22.1. The van der Waals surface area contributed by atoms with Crippen LogP contribution in [0.4, 0.5) is 0 Å². The summed E-state index contributed by atoms with van der Waals surface area (Å²) >= 11 is 0. The minimum Gasteiger partial charge on any atom is -0.493 e. The maximum Gasteiger partial charge on any atom is 0.210 e. The molecule has 0 bridgehead atoms. The van der Waals surface area contributed by atoms with Crippen LogP contribution in [0.5, 0.6) is 11.5 Å². The molecule has 5 rings (SSSR count). The van der Waals surface area contributed by atoms with Crippen molar-refractivity contribution >= 4 is 17.3 Å². The highest BCUT2D eigenvalue weighted by atomic mass is 16.5. The molecule has 0 spiro atoms. The van der Waals surface area contributed by atoms with Crippen LogP contribution in [0.2, 0.25) is 0 Å². The Labute approximate surface area is 189 Å². The Morgan fingerprint density at radius 3 is 2.78 bits per heavy atom. The summed E-state index contributed by atoms with van der Waals surface area (Å²) < 4.78 is 12.0. The van der Waals surface area contributed by atoms with Gasteiger partial charge >= 0.3 is 0 Å². The van der Waals surface area contributed by atoms with Crippen molar-refractivity contribution in [1.29, 1.82) is 0 Å². The number of hydrogen-bond donors (Lipinski definition) is 1. The van der Waals surface area contributed by atoms with Gasteiger partial charge in [-0.25, -0.2) is 0 Å². The fourth-order valence-corrected chi connectivity index (χ4v) is 5.40. The molecule has 1 aromatic heterocycles. The standard InChI is InChI=1S/C27H32N2O3/c1-18-7-9-24-22(13-18)20(16-28-24)8-10-25-23-15-27(32-21-5-3-4-6-21)26(31-2)14-19(23)11-12-29(25)17-30/h7,9,13-17,21,25,28H,3-6,8,10-12H2,1-2H3/t25-/m0/s1. The predicted octanol–water partition coefficient (Wildman–Crippen LogP) is 5.49. The summed E-state index contributed by atoms with van der Waals surface area (Å²) in [6, 6.07) is 10.8. The van der Waals surface area contributed by atoms with Crippen LogP contribution in [0.15, 0.2) is 36.5 Å². The van der Waals surface area contributed by atoms with E-state index in [4.69, 9.17) is 9.47 Å². The minimum atomic E-state index is 0.0443. The molecule has 1 aliphatic carbocycles. The van der Waals surface area contributed by atoms with Crippen molar-refractivity contribution in [2.45, 2.75) is 64.0 Å². The van der Waals surface area contributed by atoms with E-state index in [0.717, 1.165) is 56.6 Å². The van der Waals surface area contributed by atoms with Gasteiger partial charge in [0.2, 0.25) is 6.41 Å². The van der Waals surface area contributed by atoms with Crippen molar-refractivity contribution < 1.29 is 14.3 Å². The number of nitrogens with zero attached hydrogens (tertiary/aromatic N) is 1. The Bertz CT molecular complexity index is 1110. The van der Waals surface area contributed by atoms with Gasteiger partial charge in [-0.3, -0.25) is 4.79 Å². The van der Waals surface area contributed by atoms with Gasteiger partial charge in [-0.1, -0.05) is 11.6 Å². The van der Waals surface area contributed by atoms with E-state index >= 15 is 0 Å². The Morgan fingerprint density at radius 2 is 2.00 bits per heavy atom. The number of aryl methyl sites for hydroxylation is 2. The van der Waals surface area contributed by atoms with Crippen LogP contribution in [0.1, 0.15) is 60.4 Å². The van der Waals surface area contributed by atoms with E-state index in [9.17, 15) is 4.79 Å². The van der Waals surface area contributed by atoms with E-state index in [-0.39, 0.29) is 12.1 Å². The number of benzene rings is 2. The third kappa shape index (κ3) is 3.96. The molecule has 1 N–H and O–H groups in total. The molecule has 0 radical (unpaired) electrons. The molecular formula is C27H32N2O3. The number of carbonyl (C=O) groups excluding carboxylic acids is 1. The van der Waals surface area contributed by atoms with Crippen LogP contribution in [0.25, 0.3) is 10.9 Å². The molecule has 168 valence electrons. The number of carbonyl (C=O) groups is 1. The van der Waals surface area contributed by atoms with Crippen LogP contribution in [-0.4, -0.2) is 36.1 Å². The van der Waals surface area contributed by atoms with Gasteiger partial charge in [0.25, 0.3) is 0 Å². The molecule has 0 saturated heterocycles. The van der Waals surface area contributed by atoms with Gasteiger partial charge in [-0.05, 0) is 92.8 Å². The maximum absolute atomic E-state index is 11.9. The normalized spacial score (nSPS) is 18.7. The molecule has 2 aliphatic rings. The number of amides is 1. The summed E-state index contributed by atoms with van der Waals surface area (Å²) in [7, 11) is 1.71. The van der Waals surface area contributed by atoms with Crippen LogP contribution < -0.4 is 9.47 Å². The summed E-state index contributed by atoms with van der Waals surface area (Å²) in [5, 5.41) is 1.28. The third-order valence-corrected chi connectivity index (χ3v) is 7.17. The second kappa shape index (κ2) is 8.89. The molecule has 1 amide bonds. The summed E-state index contributed by atoms with van der Waals surface area (Å²) in [6.45, 7) is 2.86. The predicted molar refractivity (Wildman–Crippen MR) is 126 cm³/mol. The Kier molecular flexibility index (Phi) is 5.81. The largest absolute Gasteiger partial charge is 0.493 e. The fourth-order valence-electron chi connectivity index (χ4n) is 5.40. The van der Waals surface area contributed by atoms with Gasteiger partial charge < -0.3 is 19.4 Å². The molecule has 2 aromatic carbocycles. The van der Waals surface area contributed by atoms with Crippen LogP contribution >= 0.6 is 0 Å². The first-order valence-electron chi connectivity index (χ1n) is 11.8. The summed E-state index contributed by atoms with van der Waals surface area (Å²) in [5.41, 5.74) is 6.19. The first-order valence-corrected chi connectivity index (χ1v) is 11.8. The summed E-state index contributed by atoms with van der Waals surface area (Å²) in [6.07, 6.45) is 10.7. The number of H-pyrrole nitrogens is 1. The number of nitrogens with one attached hydrogen (secondary N) is 1. The summed E-state index contributed by atoms with van der Waals surface area (Å²) in [4.78, 5) is 17.3. The van der Waals surface area contributed by atoms with Crippen molar-refractivity contribution in [3.8, 4) is 11.5 Å². The van der Waals surface area contributed by atoms with Gasteiger partial charge in [-0.15, -0.1) is 0 Å². The van der Waals surface area contributed by atoms with E-state index in [1.165, 1.54) is 46.0 Å². The van der Waals surface area contributed by atoms with Gasteiger partial charge in [0.15, 0.2) is 11.5 Å². The van der Waals surface area contributed by atoms with E-state index in [0.29, 0.717) is 0 Å². The third-order valence-electron chi connectivity index (χ3n) is 7.17. The van der Waals surface area contributed by atoms with Gasteiger partial charge in [0, 0.05) is 23.6 Å². The highest BCUT2D eigenvalue weighted by Gasteiger charge is 2.29. The Hall–Kier alpha value is -2.95. The average Bonchev–Trinajstić information content (AvgIpc) is 3.46. The van der Waals surface area contributed by atoms with Crippen molar-refractivity contribution in [3.05, 3.63) is 58.8 Å². The molecule has 5 heteroatoms. The quantitative estimate of drug-likeness (QED) is 0.502. The highest BCUT2D eigenvalue weighted by Crippen LogP contribution is 2.41. The van der Waals surface area contributed by atoms with E-state index in [2.05, 4.69) is 48.4 Å². The number of methoxy groups -OCH3 is 1. The topological polar surface area (TPSA) is 54.6 Å².